The van der Waals surface area contributed by atoms with Gasteiger partial charge in [0.15, 0.2) is 5.13 Å². The van der Waals surface area contributed by atoms with E-state index in [0.717, 1.165) is 16.2 Å². The second-order valence-corrected chi connectivity index (χ2v) is 8.54. The fourth-order valence-electron chi connectivity index (χ4n) is 3.91. The third-order valence-corrected chi connectivity index (χ3v) is 6.57. The fourth-order valence-corrected chi connectivity index (χ4v) is 4.93. The Morgan fingerprint density at radius 3 is 2.50 bits per heavy atom. The standard InChI is InChI=1S/C25H16F2N2O4S/c1-33-15-9-6-13(7-10-15)22(30)20-21(16-4-2-3-5-17(16)27)29(24(32)23(20)31)25-28-18-11-8-14(26)12-19(18)34-25/h2-12,21,30H,1H3/b22-20+. The van der Waals surface area contributed by atoms with E-state index in [1.165, 1.54) is 55.6 Å². The SMILES string of the molecule is COc1ccc(/C(O)=C2\C(=O)C(=O)N(c3nc4ccc(F)cc4s3)C2c2ccccc2F)cc1. The summed E-state index contributed by atoms with van der Waals surface area (Å²) in [6.07, 6.45) is 0. The first-order valence-corrected chi connectivity index (χ1v) is 11.0. The molecule has 1 aliphatic rings. The number of aliphatic hydroxyl groups is 1. The third-order valence-electron chi connectivity index (χ3n) is 5.55. The molecule has 0 aliphatic carbocycles. The summed E-state index contributed by atoms with van der Waals surface area (Å²) in [5, 5.41) is 11.2. The average molecular weight is 478 g/mol. The average Bonchev–Trinajstić information content (AvgIpc) is 3.36. The second kappa shape index (κ2) is 8.35. The Morgan fingerprint density at radius 2 is 1.79 bits per heavy atom. The first-order valence-electron chi connectivity index (χ1n) is 10.1. The van der Waals surface area contributed by atoms with E-state index in [-0.39, 0.29) is 21.8 Å². The maximum absolute atomic E-state index is 14.9. The number of ketones is 1. The molecule has 0 bridgehead atoms. The molecule has 4 aromatic rings. The number of anilines is 1. The van der Waals surface area contributed by atoms with Crippen LogP contribution in [0.5, 0.6) is 5.75 Å². The molecule has 1 unspecified atom stereocenters. The minimum Gasteiger partial charge on any atom is -0.507 e. The van der Waals surface area contributed by atoms with Gasteiger partial charge in [-0.3, -0.25) is 14.5 Å². The van der Waals surface area contributed by atoms with Gasteiger partial charge in [-0.25, -0.2) is 13.8 Å². The number of hydrogen-bond donors (Lipinski definition) is 1. The summed E-state index contributed by atoms with van der Waals surface area (Å²) in [5.74, 6) is -3.01. The predicted molar refractivity (Wildman–Crippen MR) is 124 cm³/mol. The van der Waals surface area contributed by atoms with Crippen molar-refractivity contribution in [2.45, 2.75) is 6.04 Å². The number of thiazole rings is 1. The number of carbonyl (C=O) groups is 2. The van der Waals surface area contributed by atoms with Crippen LogP contribution in [0.25, 0.3) is 16.0 Å². The van der Waals surface area contributed by atoms with Crippen molar-refractivity contribution in [2.24, 2.45) is 0 Å². The molecule has 1 amide bonds. The molecule has 1 fully saturated rings. The third kappa shape index (κ3) is 3.50. The van der Waals surface area contributed by atoms with Crippen LogP contribution in [0.3, 0.4) is 0 Å². The van der Waals surface area contributed by atoms with Gasteiger partial charge in [-0.1, -0.05) is 29.5 Å². The number of halogens is 2. The molecule has 170 valence electrons. The van der Waals surface area contributed by atoms with E-state index in [1.807, 2.05) is 0 Å². The smallest absolute Gasteiger partial charge is 0.301 e. The number of fused-ring (bicyclic) bond motifs is 1. The van der Waals surface area contributed by atoms with E-state index >= 15 is 0 Å². The van der Waals surface area contributed by atoms with Crippen LogP contribution in [0, 0.1) is 11.6 Å². The van der Waals surface area contributed by atoms with E-state index in [1.54, 1.807) is 18.2 Å². The minimum atomic E-state index is -1.27. The molecule has 3 aromatic carbocycles. The number of amides is 1. The molecule has 6 nitrogen and oxygen atoms in total. The molecule has 2 heterocycles. The molecule has 1 N–H and O–H groups in total. The van der Waals surface area contributed by atoms with Crippen molar-refractivity contribution in [3.8, 4) is 5.75 Å². The predicted octanol–water partition coefficient (Wildman–Crippen LogP) is 5.21. The molecule has 9 heteroatoms. The monoisotopic (exact) mass is 478 g/mol. The summed E-state index contributed by atoms with van der Waals surface area (Å²) >= 11 is 0.992. The number of carbonyl (C=O) groups excluding carboxylic acids is 2. The van der Waals surface area contributed by atoms with E-state index < -0.39 is 35.1 Å². The van der Waals surface area contributed by atoms with Crippen molar-refractivity contribution in [1.82, 2.24) is 4.98 Å². The molecule has 1 saturated heterocycles. The molecule has 0 radical (unpaired) electrons. The molecule has 1 atom stereocenters. The number of aliphatic hydroxyl groups excluding tert-OH is 1. The van der Waals surface area contributed by atoms with Crippen molar-refractivity contribution in [3.63, 3.8) is 0 Å². The zero-order chi connectivity index (χ0) is 24.0. The molecule has 5 rings (SSSR count). The van der Waals surface area contributed by atoms with Crippen LogP contribution in [0.4, 0.5) is 13.9 Å². The van der Waals surface area contributed by atoms with Crippen molar-refractivity contribution < 1.29 is 28.2 Å². The van der Waals surface area contributed by atoms with Gasteiger partial charge in [-0.2, -0.15) is 0 Å². The number of methoxy groups -OCH3 is 1. The Hall–Kier alpha value is -4.11. The van der Waals surface area contributed by atoms with Crippen LogP contribution in [-0.4, -0.2) is 28.9 Å². The highest BCUT2D eigenvalue weighted by atomic mass is 32.1. The number of hydrogen-bond acceptors (Lipinski definition) is 6. The topological polar surface area (TPSA) is 79.7 Å². The summed E-state index contributed by atoms with van der Waals surface area (Å²) in [6.45, 7) is 0. The number of benzene rings is 3. The van der Waals surface area contributed by atoms with Crippen molar-refractivity contribution in [3.05, 3.63) is 95.1 Å². The van der Waals surface area contributed by atoms with E-state index in [2.05, 4.69) is 4.98 Å². The van der Waals surface area contributed by atoms with Crippen LogP contribution in [0.1, 0.15) is 17.2 Å². The summed E-state index contributed by atoms with van der Waals surface area (Å²) < 4.78 is 34.2. The van der Waals surface area contributed by atoms with Crippen LogP contribution >= 0.6 is 11.3 Å². The molecule has 1 aliphatic heterocycles. The van der Waals surface area contributed by atoms with Crippen LogP contribution in [0.15, 0.2) is 72.3 Å². The first kappa shape index (κ1) is 21.7. The van der Waals surface area contributed by atoms with Gasteiger partial charge in [0.05, 0.1) is 22.9 Å². The first-order chi connectivity index (χ1) is 16.4. The molecule has 0 spiro atoms. The summed E-state index contributed by atoms with van der Waals surface area (Å²) in [5.41, 5.74) is 0.421. The molecular formula is C25H16F2N2O4S. The van der Waals surface area contributed by atoms with Gasteiger partial charge in [0.1, 0.15) is 29.2 Å². The maximum Gasteiger partial charge on any atom is 0.301 e. The van der Waals surface area contributed by atoms with E-state index in [9.17, 15) is 23.5 Å². The lowest BCUT2D eigenvalue weighted by molar-refractivity contribution is -0.132. The normalized spacial score (nSPS) is 17.5. The highest BCUT2D eigenvalue weighted by molar-refractivity contribution is 7.22. The van der Waals surface area contributed by atoms with Crippen molar-refractivity contribution in [1.29, 1.82) is 0 Å². The summed E-state index contributed by atoms with van der Waals surface area (Å²) in [6, 6.07) is 14.6. The summed E-state index contributed by atoms with van der Waals surface area (Å²) in [4.78, 5) is 31.8. The maximum atomic E-state index is 14.9. The van der Waals surface area contributed by atoms with Crippen LogP contribution < -0.4 is 9.64 Å². The molecule has 1 aromatic heterocycles. The summed E-state index contributed by atoms with van der Waals surface area (Å²) in [7, 11) is 1.49. The lowest BCUT2D eigenvalue weighted by Crippen LogP contribution is -2.29. The van der Waals surface area contributed by atoms with Crippen LogP contribution in [0.2, 0.25) is 0 Å². The van der Waals surface area contributed by atoms with Gasteiger partial charge in [-0.15, -0.1) is 0 Å². The van der Waals surface area contributed by atoms with Crippen LogP contribution in [-0.2, 0) is 9.59 Å². The van der Waals surface area contributed by atoms with Crippen molar-refractivity contribution in [2.75, 3.05) is 12.0 Å². The fraction of sp³-hybridized carbons (Fsp3) is 0.0800. The second-order valence-electron chi connectivity index (χ2n) is 7.53. The Morgan fingerprint density at radius 1 is 1.06 bits per heavy atom. The van der Waals surface area contributed by atoms with Gasteiger partial charge in [-0.05, 0) is 48.5 Å². The molecule has 34 heavy (non-hydrogen) atoms. The van der Waals surface area contributed by atoms with Gasteiger partial charge < -0.3 is 9.84 Å². The van der Waals surface area contributed by atoms with Gasteiger partial charge in [0.2, 0.25) is 0 Å². The zero-order valence-corrected chi connectivity index (χ0v) is 18.5. The number of ether oxygens (including phenoxy) is 1. The van der Waals surface area contributed by atoms with Gasteiger partial charge >= 0.3 is 5.91 Å². The van der Waals surface area contributed by atoms with Gasteiger partial charge in [0, 0.05) is 11.1 Å². The number of Topliss-reactive ketones (excluding diaryl/α,β-unsaturated/α-hetero) is 1. The molecular weight excluding hydrogens is 462 g/mol. The lowest BCUT2D eigenvalue weighted by Gasteiger charge is -2.23. The lowest BCUT2D eigenvalue weighted by atomic mass is 9.95. The molecule has 0 saturated carbocycles. The Balaban J connectivity index is 1.73. The Kier molecular flexibility index (Phi) is 5.33. The quantitative estimate of drug-likeness (QED) is 0.248. The van der Waals surface area contributed by atoms with Crippen molar-refractivity contribution >= 4 is 44.1 Å². The zero-order valence-electron chi connectivity index (χ0n) is 17.7. The Bertz CT molecular complexity index is 1480. The Labute approximate surface area is 196 Å². The highest BCUT2D eigenvalue weighted by Gasteiger charge is 2.49. The van der Waals surface area contributed by atoms with E-state index in [4.69, 9.17) is 4.74 Å². The number of aromatic nitrogens is 1. The largest absolute Gasteiger partial charge is 0.507 e. The highest BCUT2D eigenvalue weighted by Crippen LogP contribution is 2.45. The number of nitrogens with zero attached hydrogens (tertiary/aromatic N) is 2. The number of rotatable bonds is 4. The van der Waals surface area contributed by atoms with Gasteiger partial charge in [0.25, 0.3) is 5.78 Å². The van der Waals surface area contributed by atoms with E-state index in [0.29, 0.717) is 16.0 Å². The minimum absolute atomic E-state index is 0.0159.